The number of hydrogen-bond acceptors (Lipinski definition) is 4. The number of fused-ring (bicyclic) bond motifs is 1. The van der Waals surface area contributed by atoms with Gasteiger partial charge >= 0.3 is 5.97 Å². The maximum absolute atomic E-state index is 11.8. The van der Waals surface area contributed by atoms with Crippen LogP contribution in [0.25, 0.3) is 10.9 Å². The summed E-state index contributed by atoms with van der Waals surface area (Å²) in [6.07, 6.45) is 1.38. The SMILES string of the molecule is O=C(Oc1cc(=O)[nH]c2ccccc12)c1ccco1. The van der Waals surface area contributed by atoms with Gasteiger partial charge in [-0.1, -0.05) is 12.1 Å². The second-order valence-corrected chi connectivity index (χ2v) is 3.91. The molecule has 0 unspecified atom stereocenters. The predicted molar refractivity (Wildman–Crippen MR) is 68.2 cm³/mol. The zero-order chi connectivity index (χ0) is 13.2. The van der Waals surface area contributed by atoms with Crippen LogP contribution in [0.4, 0.5) is 0 Å². The van der Waals surface area contributed by atoms with Crippen molar-refractivity contribution in [3.05, 3.63) is 64.8 Å². The van der Waals surface area contributed by atoms with Gasteiger partial charge in [-0.15, -0.1) is 0 Å². The Morgan fingerprint density at radius 2 is 2.00 bits per heavy atom. The number of benzene rings is 1. The number of H-pyrrole nitrogens is 1. The molecule has 94 valence electrons. The molecule has 2 heterocycles. The maximum atomic E-state index is 11.8. The van der Waals surface area contributed by atoms with Gasteiger partial charge in [0.05, 0.1) is 11.8 Å². The Kier molecular flexibility index (Phi) is 2.64. The highest BCUT2D eigenvalue weighted by Crippen LogP contribution is 2.22. The van der Waals surface area contributed by atoms with Crippen LogP contribution in [0.3, 0.4) is 0 Å². The van der Waals surface area contributed by atoms with Gasteiger partial charge in [0.1, 0.15) is 5.75 Å². The van der Waals surface area contributed by atoms with Crippen LogP contribution in [-0.4, -0.2) is 11.0 Å². The molecule has 3 aromatic rings. The van der Waals surface area contributed by atoms with Crippen molar-refractivity contribution in [3.8, 4) is 5.75 Å². The summed E-state index contributed by atoms with van der Waals surface area (Å²) in [5, 5.41) is 0.655. The van der Waals surface area contributed by atoms with Crippen molar-refractivity contribution >= 4 is 16.9 Å². The number of pyridine rings is 1. The van der Waals surface area contributed by atoms with Crippen molar-refractivity contribution in [2.24, 2.45) is 0 Å². The van der Waals surface area contributed by atoms with Crippen LogP contribution in [0, 0.1) is 0 Å². The van der Waals surface area contributed by atoms with E-state index >= 15 is 0 Å². The van der Waals surface area contributed by atoms with E-state index in [-0.39, 0.29) is 17.1 Å². The van der Waals surface area contributed by atoms with Crippen LogP contribution in [-0.2, 0) is 0 Å². The number of esters is 1. The minimum absolute atomic E-state index is 0.0874. The van der Waals surface area contributed by atoms with Crippen LogP contribution >= 0.6 is 0 Å². The molecular formula is C14H9NO4. The highest BCUT2D eigenvalue weighted by Gasteiger charge is 2.13. The lowest BCUT2D eigenvalue weighted by molar-refractivity contribution is 0.0703. The van der Waals surface area contributed by atoms with Gasteiger partial charge in [0.2, 0.25) is 5.76 Å². The van der Waals surface area contributed by atoms with Gasteiger partial charge in [0.25, 0.3) is 5.56 Å². The first-order valence-electron chi connectivity index (χ1n) is 5.62. The third-order valence-electron chi connectivity index (χ3n) is 2.64. The predicted octanol–water partition coefficient (Wildman–Crippen LogP) is 2.34. The van der Waals surface area contributed by atoms with Crippen molar-refractivity contribution in [3.63, 3.8) is 0 Å². The summed E-state index contributed by atoms with van der Waals surface area (Å²) in [5.74, 6) is -0.342. The van der Waals surface area contributed by atoms with Crippen LogP contribution < -0.4 is 10.3 Å². The molecule has 0 atom stereocenters. The largest absolute Gasteiger partial charge is 0.457 e. The number of aromatic nitrogens is 1. The fraction of sp³-hybridized carbons (Fsp3) is 0. The van der Waals surface area contributed by atoms with E-state index in [1.165, 1.54) is 18.4 Å². The molecule has 0 saturated heterocycles. The molecule has 0 radical (unpaired) electrons. The molecule has 0 fully saturated rings. The third kappa shape index (κ3) is 2.13. The monoisotopic (exact) mass is 255 g/mol. The van der Waals surface area contributed by atoms with Crippen LogP contribution in [0.5, 0.6) is 5.75 Å². The van der Waals surface area contributed by atoms with Gasteiger partial charge < -0.3 is 14.1 Å². The summed E-state index contributed by atoms with van der Waals surface area (Å²) in [4.78, 5) is 26.0. The first-order chi connectivity index (χ1) is 9.24. The van der Waals surface area contributed by atoms with Crippen molar-refractivity contribution in [1.82, 2.24) is 4.98 Å². The highest BCUT2D eigenvalue weighted by molar-refractivity contribution is 5.92. The number of carbonyl (C=O) groups excluding carboxylic acids is 1. The average Bonchev–Trinajstić information content (AvgIpc) is 2.92. The van der Waals surface area contributed by atoms with E-state index in [0.717, 1.165) is 0 Å². The number of rotatable bonds is 2. The molecule has 0 amide bonds. The molecule has 2 aromatic heterocycles. The molecule has 0 aliphatic carbocycles. The van der Waals surface area contributed by atoms with Crippen LogP contribution in [0.2, 0.25) is 0 Å². The lowest BCUT2D eigenvalue weighted by Gasteiger charge is -2.05. The topological polar surface area (TPSA) is 72.3 Å². The average molecular weight is 255 g/mol. The minimum Gasteiger partial charge on any atom is -0.457 e. The molecular weight excluding hydrogens is 246 g/mol. The van der Waals surface area contributed by atoms with Gasteiger partial charge in [0, 0.05) is 11.5 Å². The molecule has 0 aliphatic rings. The first kappa shape index (κ1) is 11.3. The van der Waals surface area contributed by atoms with Gasteiger partial charge in [-0.2, -0.15) is 0 Å². The summed E-state index contributed by atoms with van der Waals surface area (Å²) >= 11 is 0. The van der Waals surface area contributed by atoms with Gasteiger partial charge in [-0.25, -0.2) is 4.79 Å². The number of furan rings is 1. The number of para-hydroxylation sites is 1. The molecule has 1 N–H and O–H groups in total. The molecule has 3 rings (SSSR count). The van der Waals surface area contributed by atoms with E-state index in [4.69, 9.17) is 9.15 Å². The van der Waals surface area contributed by atoms with Gasteiger partial charge in [-0.3, -0.25) is 4.79 Å². The van der Waals surface area contributed by atoms with Crippen LogP contribution in [0.1, 0.15) is 10.6 Å². The molecule has 19 heavy (non-hydrogen) atoms. The number of carbonyl (C=O) groups is 1. The number of nitrogens with one attached hydrogen (secondary N) is 1. The zero-order valence-electron chi connectivity index (χ0n) is 9.75. The quantitative estimate of drug-likeness (QED) is 0.713. The summed E-state index contributed by atoms with van der Waals surface area (Å²) < 4.78 is 10.1. The van der Waals surface area contributed by atoms with Crippen molar-refractivity contribution < 1.29 is 13.9 Å². The van der Waals surface area contributed by atoms with E-state index in [1.807, 2.05) is 0 Å². The van der Waals surface area contributed by atoms with Gasteiger partial charge in [0.15, 0.2) is 0 Å². The molecule has 0 saturated carbocycles. The minimum atomic E-state index is -0.638. The van der Waals surface area contributed by atoms with Gasteiger partial charge in [-0.05, 0) is 24.3 Å². The normalized spacial score (nSPS) is 10.5. The third-order valence-corrected chi connectivity index (χ3v) is 2.64. The molecule has 0 bridgehead atoms. The van der Waals surface area contributed by atoms with E-state index in [0.29, 0.717) is 10.9 Å². The Morgan fingerprint density at radius 3 is 2.79 bits per heavy atom. The molecule has 5 nitrogen and oxygen atoms in total. The standard InChI is InChI=1S/C14H9NO4/c16-13-8-12(9-4-1-2-5-10(9)15-13)19-14(17)11-6-3-7-18-11/h1-8H,(H,15,16). The number of ether oxygens (including phenoxy) is 1. The molecule has 1 aromatic carbocycles. The number of aromatic amines is 1. The number of hydrogen-bond donors (Lipinski definition) is 1. The van der Waals surface area contributed by atoms with E-state index in [1.54, 1.807) is 30.3 Å². The second kappa shape index (κ2) is 4.45. The Labute approximate surface area is 107 Å². The Morgan fingerprint density at radius 1 is 1.16 bits per heavy atom. The maximum Gasteiger partial charge on any atom is 0.379 e. The van der Waals surface area contributed by atoms with Crippen molar-refractivity contribution in [2.45, 2.75) is 0 Å². The van der Waals surface area contributed by atoms with Crippen molar-refractivity contribution in [1.29, 1.82) is 0 Å². The van der Waals surface area contributed by atoms with E-state index < -0.39 is 5.97 Å². The molecule has 0 aliphatic heterocycles. The molecule has 0 spiro atoms. The summed E-state index contributed by atoms with van der Waals surface area (Å²) in [5.41, 5.74) is 0.276. The lowest BCUT2D eigenvalue weighted by Crippen LogP contribution is -2.11. The first-order valence-corrected chi connectivity index (χ1v) is 5.62. The summed E-state index contributed by atoms with van der Waals surface area (Å²) in [7, 11) is 0. The Hall–Kier alpha value is -2.82. The highest BCUT2D eigenvalue weighted by atomic mass is 16.5. The smallest absolute Gasteiger partial charge is 0.379 e. The Bertz CT molecular complexity index is 787. The van der Waals surface area contributed by atoms with E-state index in [2.05, 4.69) is 4.98 Å². The summed E-state index contributed by atoms with van der Waals surface area (Å²) in [6.45, 7) is 0. The fourth-order valence-corrected chi connectivity index (χ4v) is 1.80. The second-order valence-electron chi connectivity index (χ2n) is 3.91. The zero-order valence-corrected chi connectivity index (χ0v) is 9.75. The fourth-order valence-electron chi connectivity index (χ4n) is 1.80. The summed E-state index contributed by atoms with van der Waals surface area (Å²) in [6, 6.07) is 11.4. The van der Waals surface area contributed by atoms with Crippen molar-refractivity contribution in [2.75, 3.05) is 0 Å². The van der Waals surface area contributed by atoms with E-state index in [9.17, 15) is 9.59 Å². The molecule has 5 heteroatoms. The van der Waals surface area contributed by atoms with Crippen LogP contribution in [0.15, 0.2) is 57.9 Å². The lowest BCUT2D eigenvalue weighted by atomic mass is 10.2. The Balaban J connectivity index is 2.05.